The van der Waals surface area contributed by atoms with Gasteiger partial charge in [0.15, 0.2) is 0 Å². The molecular weight excluding hydrogens is 331 g/mol. The van der Waals surface area contributed by atoms with Gasteiger partial charge in [-0.15, -0.1) is 0 Å². The quantitative estimate of drug-likeness (QED) is 0.841. The maximum atomic E-state index is 13.0. The zero-order chi connectivity index (χ0) is 17.7. The minimum atomic E-state index is -3.46. The minimum absolute atomic E-state index is 0.181. The number of anilines is 1. The predicted molar refractivity (Wildman–Crippen MR) is 90.8 cm³/mol. The molecule has 0 aromatic heterocycles. The summed E-state index contributed by atoms with van der Waals surface area (Å²) in [6, 6.07) is 10.5. The van der Waals surface area contributed by atoms with Crippen molar-refractivity contribution in [3.8, 4) is 0 Å². The van der Waals surface area contributed by atoms with E-state index in [9.17, 15) is 17.6 Å². The Bertz CT molecular complexity index is 833. The summed E-state index contributed by atoms with van der Waals surface area (Å²) in [5.74, 6) is -0.529. The normalized spacial score (nSPS) is 11.3. The molecule has 7 heteroatoms. The summed E-state index contributed by atoms with van der Waals surface area (Å²) in [5, 5.41) is 2.74. The van der Waals surface area contributed by atoms with Gasteiger partial charge in [0.25, 0.3) is 0 Å². The summed E-state index contributed by atoms with van der Waals surface area (Å²) in [6.07, 6.45) is 0.723. The maximum absolute atomic E-state index is 13.0. The van der Waals surface area contributed by atoms with Gasteiger partial charge in [0.1, 0.15) is 5.82 Å². The Hall–Kier alpha value is -2.25. The lowest BCUT2D eigenvalue weighted by atomic mass is 10.1. The van der Waals surface area contributed by atoms with Crippen LogP contribution in [0.15, 0.2) is 47.4 Å². The number of amides is 1. The van der Waals surface area contributed by atoms with Crippen molar-refractivity contribution >= 4 is 21.6 Å². The van der Waals surface area contributed by atoms with Gasteiger partial charge in [-0.3, -0.25) is 4.79 Å². The van der Waals surface area contributed by atoms with Gasteiger partial charge in [0.05, 0.1) is 4.90 Å². The van der Waals surface area contributed by atoms with Crippen LogP contribution >= 0.6 is 0 Å². The molecule has 1 amide bonds. The highest BCUT2D eigenvalue weighted by Gasteiger charge is 2.11. The largest absolute Gasteiger partial charge is 0.326 e. The molecule has 2 aromatic rings. The van der Waals surface area contributed by atoms with Crippen LogP contribution in [0.3, 0.4) is 0 Å². The van der Waals surface area contributed by atoms with Gasteiger partial charge >= 0.3 is 0 Å². The SMILES string of the molecule is CNS(=O)(=O)c1ccc(CCC(=O)Nc2ccc(F)cc2C)cc1. The number of nitrogens with one attached hydrogen (secondary N) is 2. The molecule has 0 heterocycles. The van der Waals surface area contributed by atoms with Crippen LogP contribution in [0.2, 0.25) is 0 Å². The number of hydrogen-bond acceptors (Lipinski definition) is 3. The van der Waals surface area contributed by atoms with Crippen LogP contribution in [0.4, 0.5) is 10.1 Å². The fourth-order valence-electron chi connectivity index (χ4n) is 2.19. The van der Waals surface area contributed by atoms with Crippen LogP contribution in [0, 0.1) is 12.7 Å². The highest BCUT2D eigenvalue weighted by molar-refractivity contribution is 7.89. The Balaban J connectivity index is 1.94. The molecule has 2 N–H and O–H groups in total. The number of hydrogen-bond donors (Lipinski definition) is 2. The van der Waals surface area contributed by atoms with E-state index in [-0.39, 0.29) is 23.0 Å². The zero-order valence-corrected chi connectivity index (χ0v) is 14.3. The van der Waals surface area contributed by atoms with E-state index < -0.39 is 10.0 Å². The lowest BCUT2D eigenvalue weighted by Crippen LogP contribution is -2.18. The first-order valence-corrected chi connectivity index (χ1v) is 8.88. The Kier molecular flexibility index (Phi) is 5.69. The molecule has 0 saturated heterocycles. The van der Waals surface area contributed by atoms with Crippen molar-refractivity contribution in [1.82, 2.24) is 4.72 Å². The third-order valence-corrected chi connectivity index (χ3v) is 5.04. The van der Waals surface area contributed by atoms with Gasteiger partial charge in [0, 0.05) is 12.1 Å². The molecule has 0 fully saturated rings. The molecule has 0 radical (unpaired) electrons. The molecule has 0 aliphatic heterocycles. The third kappa shape index (κ3) is 4.62. The molecule has 2 rings (SSSR count). The van der Waals surface area contributed by atoms with Gasteiger partial charge in [-0.1, -0.05) is 12.1 Å². The lowest BCUT2D eigenvalue weighted by molar-refractivity contribution is -0.116. The van der Waals surface area contributed by atoms with Crippen LogP contribution in [0.1, 0.15) is 17.5 Å². The van der Waals surface area contributed by atoms with Crippen LogP contribution in [-0.2, 0) is 21.2 Å². The average Bonchev–Trinajstić information content (AvgIpc) is 2.56. The highest BCUT2D eigenvalue weighted by Crippen LogP contribution is 2.16. The molecule has 0 unspecified atom stereocenters. The predicted octanol–water partition coefficient (Wildman–Crippen LogP) is 2.61. The summed E-state index contributed by atoms with van der Waals surface area (Å²) >= 11 is 0. The molecule has 0 bridgehead atoms. The van der Waals surface area contributed by atoms with Crippen LogP contribution in [0.25, 0.3) is 0 Å². The Morgan fingerprint density at radius 2 is 1.79 bits per heavy atom. The van der Waals surface area contributed by atoms with Gasteiger partial charge in [-0.2, -0.15) is 0 Å². The van der Waals surface area contributed by atoms with Crippen molar-refractivity contribution in [3.05, 3.63) is 59.4 Å². The number of halogens is 1. The maximum Gasteiger partial charge on any atom is 0.240 e. The smallest absolute Gasteiger partial charge is 0.240 e. The summed E-state index contributed by atoms with van der Waals surface area (Å²) in [4.78, 5) is 12.2. The van der Waals surface area contributed by atoms with Gasteiger partial charge < -0.3 is 5.32 Å². The Morgan fingerprint density at radius 3 is 2.38 bits per heavy atom. The van der Waals surface area contributed by atoms with Gasteiger partial charge in [-0.05, 0) is 61.9 Å². The zero-order valence-electron chi connectivity index (χ0n) is 13.5. The van der Waals surface area contributed by atoms with E-state index in [0.717, 1.165) is 5.56 Å². The molecule has 2 aromatic carbocycles. The molecular formula is C17H19FN2O3S. The molecule has 0 atom stereocenters. The molecule has 0 aliphatic carbocycles. The topological polar surface area (TPSA) is 75.3 Å². The second-order valence-corrected chi connectivity index (χ2v) is 7.25. The molecule has 0 aliphatic rings. The monoisotopic (exact) mass is 350 g/mol. The van der Waals surface area contributed by atoms with E-state index in [1.807, 2.05) is 0 Å². The number of carbonyl (C=O) groups excluding carboxylic acids is 1. The number of carbonyl (C=O) groups is 1. The third-order valence-electron chi connectivity index (χ3n) is 3.61. The molecule has 0 saturated carbocycles. The number of aryl methyl sites for hydroxylation is 2. The second kappa shape index (κ2) is 7.55. The van der Waals surface area contributed by atoms with Crippen LogP contribution < -0.4 is 10.0 Å². The number of sulfonamides is 1. The summed E-state index contributed by atoms with van der Waals surface area (Å²) < 4.78 is 38.6. The number of rotatable bonds is 6. The highest BCUT2D eigenvalue weighted by atomic mass is 32.2. The van der Waals surface area contributed by atoms with E-state index in [0.29, 0.717) is 17.7 Å². The van der Waals surface area contributed by atoms with Crippen molar-refractivity contribution in [2.24, 2.45) is 0 Å². The van der Waals surface area contributed by atoms with E-state index in [1.54, 1.807) is 19.1 Å². The molecule has 24 heavy (non-hydrogen) atoms. The summed E-state index contributed by atoms with van der Waals surface area (Å²) in [7, 11) is -2.10. The van der Waals surface area contributed by atoms with Crippen molar-refractivity contribution in [1.29, 1.82) is 0 Å². The summed E-state index contributed by atoms with van der Waals surface area (Å²) in [6.45, 7) is 1.72. The number of benzene rings is 2. The second-order valence-electron chi connectivity index (χ2n) is 5.36. The van der Waals surface area contributed by atoms with E-state index in [2.05, 4.69) is 10.0 Å². The minimum Gasteiger partial charge on any atom is -0.326 e. The van der Waals surface area contributed by atoms with Crippen molar-refractivity contribution in [3.63, 3.8) is 0 Å². The first kappa shape index (κ1) is 18.1. The van der Waals surface area contributed by atoms with E-state index in [4.69, 9.17) is 0 Å². The fourth-order valence-corrected chi connectivity index (χ4v) is 2.92. The van der Waals surface area contributed by atoms with Crippen molar-refractivity contribution in [2.45, 2.75) is 24.7 Å². The molecule has 5 nitrogen and oxygen atoms in total. The first-order valence-electron chi connectivity index (χ1n) is 7.40. The standard InChI is InChI=1S/C17H19FN2O3S/c1-12-11-14(18)6-9-16(12)20-17(21)10-5-13-3-7-15(8-4-13)24(22,23)19-2/h3-4,6-9,11,19H,5,10H2,1-2H3,(H,20,21). The Labute approximate surface area is 141 Å². The van der Waals surface area contributed by atoms with Gasteiger partial charge in [0.2, 0.25) is 15.9 Å². The van der Waals surface area contributed by atoms with Gasteiger partial charge in [-0.25, -0.2) is 17.5 Å². The molecule has 128 valence electrons. The lowest BCUT2D eigenvalue weighted by Gasteiger charge is -2.09. The van der Waals surface area contributed by atoms with Crippen LogP contribution in [-0.4, -0.2) is 21.4 Å². The van der Waals surface area contributed by atoms with E-state index >= 15 is 0 Å². The van der Waals surface area contributed by atoms with E-state index in [1.165, 1.54) is 37.4 Å². The average molecular weight is 350 g/mol. The van der Waals surface area contributed by atoms with Crippen molar-refractivity contribution < 1.29 is 17.6 Å². The Morgan fingerprint density at radius 1 is 1.12 bits per heavy atom. The fraction of sp³-hybridized carbons (Fsp3) is 0.235. The van der Waals surface area contributed by atoms with Crippen molar-refractivity contribution in [2.75, 3.05) is 12.4 Å². The molecule has 0 spiro atoms. The first-order chi connectivity index (χ1) is 11.3. The van der Waals surface area contributed by atoms with Crippen LogP contribution in [0.5, 0.6) is 0 Å². The summed E-state index contributed by atoms with van der Waals surface area (Å²) in [5.41, 5.74) is 2.10.